The van der Waals surface area contributed by atoms with E-state index >= 15 is 0 Å². The number of para-hydroxylation sites is 1. The molecule has 4 nitrogen and oxygen atoms in total. The Labute approximate surface area is 425 Å². The third kappa shape index (κ3) is 53.5. The summed E-state index contributed by atoms with van der Waals surface area (Å²) < 4.78 is 5.36. The van der Waals surface area contributed by atoms with Crippen LogP contribution in [0, 0.1) is 0 Å². The number of unbranched alkanes of at least 4 members (excludes halogenated alkanes) is 53. The van der Waals surface area contributed by atoms with Crippen LogP contribution in [-0.4, -0.2) is 17.0 Å². The molecule has 0 aliphatic heterocycles. The van der Waals surface area contributed by atoms with E-state index in [9.17, 15) is 9.59 Å². The number of aliphatic carboxylic acids is 1. The van der Waals surface area contributed by atoms with E-state index < -0.39 is 5.97 Å². The lowest BCUT2D eigenvalue weighted by Crippen LogP contribution is -2.07. The number of carboxylic acid groups (broad SMARTS) is 1. The first kappa shape index (κ1) is 64.2. The van der Waals surface area contributed by atoms with Crippen molar-refractivity contribution in [2.24, 2.45) is 0 Å². The van der Waals surface area contributed by atoms with Crippen LogP contribution in [-0.2, 0) is 9.59 Å². The molecule has 1 aromatic carbocycles. The van der Waals surface area contributed by atoms with Crippen molar-refractivity contribution in [1.82, 2.24) is 0 Å². The lowest BCUT2D eigenvalue weighted by atomic mass is 10.0. The Hall–Kier alpha value is -1.84. The van der Waals surface area contributed by atoms with Gasteiger partial charge < -0.3 is 9.84 Å². The second kappa shape index (κ2) is 56.1. The van der Waals surface area contributed by atoms with Gasteiger partial charge in [0.15, 0.2) is 0 Å². The van der Waals surface area contributed by atoms with Crippen molar-refractivity contribution in [3.8, 4) is 5.75 Å². The first-order valence-corrected chi connectivity index (χ1v) is 31.2. The second-order valence-corrected chi connectivity index (χ2v) is 21.8. The van der Waals surface area contributed by atoms with Crippen molar-refractivity contribution in [2.75, 3.05) is 0 Å². The summed E-state index contributed by atoms with van der Waals surface area (Å²) in [7, 11) is 0. The Morgan fingerprint density at radius 3 is 0.588 bits per heavy atom. The average Bonchev–Trinajstić information content (AvgIpc) is 3.34. The smallest absolute Gasteiger partial charge is 0.311 e. The lowest BCUT2D eigenvalue weighted by Gasteiger charge is -2.05. The Morgan fingerprint density at radius 1 is 0.250 bits per heavy atom. The zero-order valence-corrected chi connectivity index (χ0v) is 45.7. The number of carbonyl (C=O) groups is 2. The molecule has 0 bridgehead atoms. The van der Waals surface area contributed by atoms with E-state index in [1.54, 1.807) is 0 Å². The molecular formula is C64H118O4. The maximum atomic E-state index is 11.9. The monoisotopic (exact) mass is 951 g/mol. The molecule has 0 atom stereocenters. The Morgan fingerprint density at radius 2 is 0.412 bits per heavy atom. The fourth-order valence-electron chi connectivity index (χ4n) is 10.4. The van der Waals surface area contributed by atoms with Crippen LogP contribution in [0.15, 0.2) is 30.3 Å². The van der Waals surface area contributed by atoms with Crippen molar-refractivity contribution in [2.45, 2.75) is 360 Å². The molecular weight excluding hydrogens is 833 g/mol. The van der Waals surface area contributed by atoms with E-state index in [-0.39, 0.29) is 5.97 Å². The van der Waals surface area contributed by atoms with E-state index in [1.807, 2.05) is 30.3 Å². The number of carbonyl (C=O) groups excluding carboxylic acids is 1. The van der Waals surface area contributed by atoms with Gasteiger partial charge in [-0.25, -0.2) is 0 Å². The summed E-state index contributed by atoms with van der Waals surface area (Å²) in [5, 5.41) is 8.68. The lowest BCUT2D eigenvalue weighted by molar-refractivity contribution is -0.137. The molecule has 0 spiro atoms. The van der Waals surface area contributed by atoms with Crippen LogP contribution in [0.3, 0.4) is 0 Å². The quantitative estimate of drug-likeness (QED) is 0.0401. The summed E-state index contributed by atoms with van der Waals surface area (Å²) >= 11 is 0. The molecule has 0 fully saturated rings. The van der Waals surface area contributed by atoms with E-state index in [0.29, 0.717) is 18.6 Å². The van der Waals surface area contributed by atoms with Gasteiger partial charge >= 0.3 is 11.9 Å². The maximum absolute atomic E-state index is 11.9. The largest absolute Gasteiger partial charge is 0.481 e. The average molecular weight is 952 g/mol. The summed E-state index contributed by atoms with van der Waals surface area (Å²) in [6.45, 7) is 0. The molecule has 0 aromatic heterocycles. The number of benzene rings is 1. The highest BCUT2D eigenvalue weighted by molar-refractivity contribution is 5.72. The molecule has 68 heavy (non-hydrogen) atoms. The number of rotatable bonds is 58. The molecule has 0 aliphatic carbocycles. The number of carboxylic acids is 1. The molecule has 398 valence electrons. The van der Waals surface area contributed by atoms with Crippen LogP contribution < -0.4 is 4.74 Å². The molecule has 4 heteroatoms. The molecule has 0 saturated heterocycles. The molecule has 0 radical (unpaired) electrons. The highest BCUT2D eigenvalue weighted by Crippen LogP contribution is 2.20. The van der Waals surface area contributed by atoms with Crippen molar-refractivity contribution in [3.05, 3.63) is 30.3 Å². The summed E-state index contributed by atoms with van der Waals surface area (Å²) in [5.41, 5.74) is 0. The molecule has 1 rings (SSSR count). The minimum absolute atomic E-state index is 0.101. The molecule has 0 unspecified atom stereocenters. The third-order valence-electron chi connectivity index (χ3n) is 15.0. The highest BCUT2D eigenvalue weighted by atomic mass is 16.5. The Bertz CT molecular complexity index is 1120. The maximum Gasteiger partial charge on any atom is 0.311 e. The summed E-state index contributed by atoms with van der Waals surface area (Å²) in [6.07, 6.45) is 76.7. The van der Waals surface area contributed by atoms with E-state index in [4.69, 9.17) is 9.84 Å². The van der Waals surface area contributed by atoms with Crippen LogP contribution in [0.25, 0.3) is 0 Å². The molecule has 0 heterocycles. The number of hydrogen-bond donors (Lipinski definition) is 1. The van der Waals surface area contributed by atoms with Gasteiger partial charge in [0.1, 0.15) is 5.75 Å². The highest BCUT2D eigenvalue weighted by Gasteiger charge is 2.05. The standard InChI is InChI=1S/C64H118O4/c65-63(66)60-56-51-49-47-45-43-41-39-37-35-33-31-29-27-25-23-21-19-17-15-13-11-9-7-5-3-1-2-4-6-8-10-12-14-16-18-20-22-24-26-28-30-32-34-36-38-40-42-44-46-48-50-52-57-61-64(67)68-62-58-54-53-55-59-62/h53-55,58-59H,1-52,56-57,60-61H2,(H,65,66). The van der Waals surface area contributed by atoms with Gasteiger partial charge in [-0.3, -0.25) is 9.59 Å². The molecule has 1 aromatic rings. The molecule has 1 N–H and O–H groups in total. The number of ether oxygens (including phenoxy) is 1. The van der Waals surface area contributed by atoms with Crippen LogP contribution in [0.5, 0.6) is 5.75 Å². The van der Waals surface area contributed by atoms with Crippen LogP contribution in [0.2, 0.25) is 0 Å². The molecule has 0 aliphatic rings. The van der Waals surface area contributed by atoms with Gasteiger partial charge in [0.05, 0.1) is 0 Å². The summed E-state index contributed by atoms with van der Waals surface area (Å²) in [6, 6.07) is 9.41. The van der Waals surface area contributed by atoms with E-state index in [0.717, 1.165) is 25.7 Å². The third-order valence-corrected chi connectivity index (χ3v) is 15.0. The van der Waals surface area contributed by atoms with Gasteiger partial charge in [-0.15, -0.1) is 0 Å². The summed E-state index contributed by atoms with van der Waals surface area (Å²) in [4.78, 5) is 22.4. The van der Waals surface area contributed by atoms with Crippen LogP contribution >= 0.6 is 0 Å². The van der Waals surface area contributed by atoms with Gasteiger partial charge in [0.2, 0.25) is 0 Å². The number of esters is 1. The molecule has 0 saturated carbocycles. The Kier molecular flexibility index (Phi) is 52.9. The van der Waals surface area contributed by atoms with Crippen molar-refractivity contribution in [1.29, 1.82) is 0 Å². The van der Waals surface area contributed by atoms with Gasteiger partial charge in [-0.1, -0.05) is 352 Å². The van der Waals surface area contributed by atoms with Gasteiger partial charge in [0, 0.05) is 12.8 Å². The minimum Gasteiger partial charge on any atom is -0.481 e. The molecule has 0 amide bonds. The second-order valence-electron chi connectivity index (χ2n) is 21.8. The Balaban J connectivity index is 1.60. The topological polar surface area (TPSA) is 63.6 Å². The first-order chi connectivity index (χ1) is 33.7. The van der Waals surface area contributed by atoms with Gasteiger partial charge in [-0.2, -0.15) is 0 Å². The predicted molar refractivity (Wildman–Crippen MR) is 298 cm³/mol. The zero-order valence-electron chi connectivity index (χ0n) is 45.7. The van der Waals surface area contributed by atoms with Crippen LogP contribution in [0.1, 0.15) is 360 Å². The normalized spacial score (nSPS) is 11.5. The van der Waals surface area contributed by atoms with Crippen LogP contribution in [0.4, 0.5) is 0 Å². The fourth-order valence-corrected chi connectivity index (χ4v) is 10.4. The minimum atomic E-state index is -0.648. The van der Waals surface area contributed by atoms with Crippen molar-refractivity contribution >= 4 is 11.9 Å². The van der Waals surface area contributed by atoms with Crippen molar-refractivity contribution < 1.29 is 19.4 Å². The van der Waals surface area contributed by atoms with Crippen molar-refractivity contribution in [3.63, 3.8) is 0 Å². The summed E-state index contributed by atoms with van der Waals surface area (Å²) in [5.74, 6) is -0.0934. The predicted octanol–water partition coefficient (Wildman–Crippen LogP) is 22.5. The SMILES string of the molecule is O=C(O)CCCCCCCCCCCCCCCCCCCCCCCCCCCCCCCCCCCCCCCCCCCCCCCCCCCCCCCCC(=O)Oc1ccccc1. The number of hydrogen-bond acceptors (Lipinski definition) is 3. The first-order valence-electron chi connectivity index (χ1n) is 31.2. The van der Waals surface area contributed by atoms with E-state index in [1.165, 1.54) is 321 Å². The van der Waals surface area contributed by atoms with Gasteiger partial charge in [0.25, 0.3) is 0 Å². The zero-order chi connectivity index (χ0) is 48.6. The van der Waals surface area contributed by atoms with Gasteiger partial charge in [-0.05, 0) is 25.0 Å². The van der Waals surface area contributed by atoms with E-state index in [2.05, 4.69) is 0 Å². The fraction of sp³-hybridized carbons (Fsp3) is 0.875.